The van der Waals surface area contributed by atoms with Gasteiger partial charge in [-0.25, -0.2) is 13.4 Å². The molecular weight excluding hydrogens is 464 g/mol. The fourth-order valence-electron chi connectivity index (χ4n) is 3.59. The minimum Gasteiger partial charge on any atom is -0.480 e. The number of amides is 1. The highest BCUT2D eigenvalue weighted by molar-refractivity contribution is 7.92. The quantitative estimate of drug-likeness (QED) is 0.386. The molecule has 0 fully saturated rings. The van der Waals surface area contributed by atoms with Crippen LogP contribution in [0.5, 0.6) is 5.88 Å². The van der Waals surface area contributed by atoms with Gasteiger partial charge in [-0.2, -0.15) is 0 Å². The number of benzene rings is 2. The molecule has 0 radical (unpaired) electrons. The van der Waals surface area contributed by atoms with E-state index in [9.17, 15) is 13.2 Å². The maximum Gasteiger partial charge on any atom is 0.267 e. The number of pyridine rings is 2. The van der Waals surface area contributed by atoms with Gasteiger partial charge >= 0.3 is 0 Å². The van der Waals surface area contributed by atoms with Gasteiger partial charge in [0.25, 0.3) is 15.9 Å². The van der Waals surface area contributed by atoms with Gasteiger partial charge in [0, 0.05) is 23.5 Å². The van der Waals surface area contributed by atoms with Gasteiger partial charge in [0.2, 0.25) is 5.88 Å². The van der Waals surface area contributed by atoms with Gasteiger partial charge < -0.3 is 10.1 Å². The number of methoxy groups -OCH3 is 1. The Bertz CT molecular complexity index is 1470. The SMILES string of the molecule is COc1ncc(NC(=O)c2cccc(-c3cccnc3)c2)cc1S(=O)(=O)Nc1c(C)cccc1C. The van der Waals surface area contributed by atoms with Gasteiger partial charge in [-0.1, -0.05) is 36.4 Å². The van der Waals surface area contributed by atoms with Gasteiger partial charge in [-0.05, 0) is 54.8 Å². The average Bonchev–Trinajstić information content (AvgIpc) is 2.87. The summed E-state index contributed by atoms with van der Waals surface area (Å²) in [6.07, 6.45) is 4.74. The summed E-state index contributed by atoms with van der Waals surface area (Å²) in [4.78, 5) is 21.0. The number of aryl methyl sites for hydroxylation is 2. The van der Waals surface area contributed by atoms with Crippen molar-refractivity contribution in [1.29, 1.82) is 0 Å². The summed E-state index contributed by atoms with van der Waals surface area (Å²) >= 11 is 0. The van der Waals surface area contributed by atoms with Crippen molar-refractivity contribution in [3.8, 4) is 17.0 Å². The summed E-state index contributed by atoms with van der Waals surface area (Å²) in [5.74, 6) is -0.492. The number of hydrogen-bond acceptors (Lipinski definition) is 6. The molecule has 0 aliphatic rings. The smallest absolute Gasteiger partial charge is 0.267 e. The predicted molar refractivity (Wildman–Crippen MR) is 135 cm³/mol. The lowest BCUT2D eigenvalue weighted by Crippen LogP contribution is -2.18. The van der Waals surface area contributed by atoms with E-state index in [4.69, 9.17) is 4.74 Å². The molecule has 0 aliphatic heterocycles. The Labute approximate surface area is 204 Å². The largest absolute Gasteiger partial charge is 0.480 e. The van der Waals surface area contributed by atoms with Crippen LogP contribution in [0.4, 0.5) is 11.4 Å². The molecule has 0 unspecified atom stereocenters. The van der Waals surface area contributed by atoms with E-state index in [-0.39, 0.29) is 16.5 Å². The fraction of sp³-hybridized carbons (Fsp3) is 0.115. The lowest BCUT2D eigenvalue weighted by Gasteiger charge is -2.15. The lowest BCUT2D eigenvalue weighted by atomic mass is 10.0. The first-order valence-electron chi connectivity index (χ1n) is 10.7. The molecule has 2 aromatic heterocycles. The summed E-state index contributed by atoms with van der Waals surface area (Å²) in [6.45, 7) is 3.63. The molecule has 0 saturated carbocycles. The summed E-state index contributed by atoms with van der Waals surface area (Å²) in [7, 11) is -2.73. The van der Waals surface area contributed by atoms with Crippen molar-refractivity contribution in [2.24, 2.45) is 0 Å². The minimum absolute atomic E-state index is 0.0830. The fourth-order valence-corrected chi connectivity index (χ4v) is 4.94. The molecule has 35 heavy (non-hydrogen) atoms. The van der Waals surface area contributed by atoms with Crippen molar-refractivity contribution in [2.75, 3.05) is 17.1 Å². The molecule has 0 aliphatic carbocycles. The molecule has 4 rings (SSSR count). The minimum atomic E-state index is -4.06. The third kappa shape index (κ3) is 5.30. The molecule has 2 aromatic carbocycles. The Morgan fingerprint density at radius 3 is 2.31 bits per heavy atom. The van der Waals surface area contributed by atoms with Crippen molar-refractivity contribution in [1.82, 2.24) is 9.97 Å². The van der Waals surface area contributed by atoms with E-state index in [1.165, 1.54) is 19.4 Å². The number of aromatic nitrogens is 2. The summed E-state index contributed by atoms with van der Waals surface area (Å²) in [5, 5.41) is 2.72. The average molecular weight is 489 g/mol. The Morgan fingerprint density at radius 2 is 1.63 bits per heavy atom. The molecule has 178 valence electrons. The Morgan fingerprint density at radius 1 is 0.914 bits per heavy atom. The van der Waals surface area contributed by atoms with Crippen LogP contribution in [0.25, 0.3) is 11.1 Å². The zero-order valence-electron chi connectivity index (χ0n) is 19.4. The normalized spacial score (nSPS) is 11.1. The number of sulfonamides is 1. The van der Waals surface area contributed by atoms with Crippen LogP contribution in [0.1, 0.15) is 21.5 Å². The molecule has 8 nitrogen and oxygen atoms in total. The summed E-state index contributed by atoms with van der Waals surface area (Å²) < 4.78 is 34.3. The molecule has 0 saturated heterocycles. The van der Waals surface area contributed by atoms with Crippen LogP contribution in [0.2, 0.25) is 0 Å². The summed E-state index contributed by atoms with van der Waals surface area (Å²) in [5.41, 5.74) is 4.36. The van der Waals surface area contributed by atoms with Gasteiger partial charge in [0.1, 0.15) is 0 Å². The van der Waals surface area contributed by atoms with Crippen LogP contribution in [-0.4, -0.2) is 31.4 Å². The van der Waals surface area contributed by atoms with Gasteiger partial charge in [0.05, 0.1) is 24.7 Å². The van der Waals surface area contributed by atoms with Crippen molar-refractivity contribution in [2.45, 2.75) is 18.7 Å². The number of nitrogens with one attached hydrogen (secondary N) is 2. The lowest BCUT2D eigenvalue weighted by molar-refractivity contribution is 0.102. The van der Waals surface area contributed by atoms with E-state index in [0.717, 1.165) is 22.3 Å². The van der Waals surface area contributed by atoms with Crippen LogP contribution < -0.4 is 14.8 Å². The second-order valence-electron chi connectivity index (χ2n) is 7.88. The van der Waals surface area contributed by atoms with Crippen LogP contribution in [0.3, 0.4) is 0 Å². The summed E-state index contributed by atoms with van der Waals surface area (Å²) in [6, 6.07) is 17.6. The van der Waals surface area contributed by atoms with E-state index < -0.39 is 15.9 Å². The molecule has 0 spiro atoms. The second kappa shape index (κ2) is 9.94. The number of nitrogens with zero attached hydrogens (tertiary/aromatic N) is 2. The third-order valence-corrected chi connectivity index (χ3v) is 6.74. The molecule has 9 heteroatoms. The third-order valence-electron chi connectivity index (χ3n) is 5.40. The van der Waals surface area contributed by atoms with E-state index >= 15 is 0 Å². The van der Waals surface area contributed by atoms with Crippen molar-refractivity contribution < 1.29 is 17.9 Å². The molecule has 2 heterocycles. The van der Waals surface area contributed by atoms with Crippen LogP contribution >= 0.6 is 0 Å². The maximum atomic E-state index is 13.2. The zero-order valence-corrected chi connectivity index (χ0v) is 20.3. The monoisotopic (exact) mass is 488 g/mol. The zero-order chi connectivity index (χ0) is 25.0. The molecular formula is C26H24N4O4S. The topological polar surface area (TPSA) is 110 Å². The first kappa shape index (κ1) is 23.9. The van der Waals surface area contributed by atoms with E-state index in [1.807, 2.05) is 50.2 Å². The number of ether oxygens (including phenoxy) is 1. The van der Waals surface area contributed by atoms with Gasteiger partial charge in [-0.15, -0.1) is 0 Å². The number of carbonyl (C=O) groups excluding carboxylic acids is 1. The highest BCUT2D eigenvalue weighted by atomic mass is 32.2. The first-order chi connectivity index (χ1) is 16.8. The highest BCUT2D eigenvalue weighted by Gasteiger charge is 2.23. The van der Waals surface area contributed by atoms with Crippen LogP contribution in [0, 0.1) is 13.8 Å². The van der Waals surface area contributed by atoms with E-state index in [0.29, 0.717) is 11.3 Å². The van der Waals surface area contributed by atoms with Crippen molar-refractivity contribution in [3.05, 3.63) is 95.9 Å². The maximum absolute atomic E-state index is 13.2. The van der Waals surface area contributed by atoms with E-state index in [1.54, 1.807) is 30.6 Å². The number of anilines is 2. The highest BCUT2D eigenvalue weighted by Crippen LogP contribution is 2.29. The molecule has 4 aromatic rings. The van der Waals surface area contributed by atoms with Gasteiger partial charge in [-0.3, -0.25) is 14.5 Å². The van der Waals surface area contributed by atoms with E-state index in [2.05, 4.69) is 20.0 Å². The Hall–Kier alpha value is -4.24. The molecule has 0 bridgehead atoms. The molecule has 0 atom stereocenters. The van der Waals surface area contributed by atoms with Crippen molar-refractivity contribution in [3.63, 3.8) is 0 Å². The Kier molecular flexibility index (Phi) is 6.79. The van der Waals surface area contributed by atoms with Crippen molar-refractivity contribution >= 4 is 27.3 Å². The number of rotatable bonds is 7. The van der Waals surface area contributed by atoms with Gasteiger partial charge in [0.15, 0.2) is 4.90 Å². The Balaban J connectivity index is 1.62. The first-order valence-corrected chi connectivity index (χ1v) is 12.2. The molecule has 2 N–H and O–H groups in total. The van der Waals surface area contributed by atoms with Crippen LogP contribution in [0.15, 0.2) is 84.1 Å². The molecule has 1 amide bonds. The number of para-hydroxylation sites is 1. The predicted octanol–water partition coefficient (Wildman–Crippen LogP) is 4.82. The standard InChI is InChI=1S/C26H24N4O4S/c1-17-7-4-8-18(2)24(17)30-35(32,33)23-14-22(16-28-26(23)34-3)29-25(31)20-10-5-9-19(13-20)21-11-6-12-27-15-21/h4-16,30H,1-3H3,(H,29,31). The number of hydrogen-bond donors (Lipinski definition) is 2. The second-order valence-corrected chi connectivity index (χ2v) is 9.53. The van der Waals surface area contributed by atoms with Crippen LogP contribution in [-0.2, 0) is 10.0 Å². The number of carbonyl (C=O) groups is 1.